The first-order valence-electron chi connectivity index (χ1n) is 6.28. The maximum atomic E-state index is 12.1. The molecule has 2 amide bonds. The van der Waals surface area contributed by atoms with E-state index in [1.165, 1.54) is 6.92 Å². The molecule has 0 aromatic carbocycles. The van der Waals surface area contributed by atoms with Crippen molar-refractivity contribution in [3.8, 4) is 0 Å². The van der Waals surface area contributed by atoms with Gasteiger partial charge in [-0.2, -0.15) is 0 Å². The second-order valence-electron chi connectivity index (χ2n) is 5.02. The Balaban J connectivity index is 0. The molecule has 0 rings (SSSR count). The van der Waals surface area contributed by atoms with Crippen molar-refractivity contribution in [2.75, 3.05) is 12.8 Å². The summed E-state index contributed by atoms with van der Waals surface area (Å²) in [5, 5.41) is 8.96. The quantitative estimate of drug-likeness (QED) is 0.307. The number of carboxylic acid groups (broad SMARTS) is 1. The molecule has 4 unspecified atom stereocenters. The fourth-order valence-electron chi connectivity index (χ4n) is 1.50. The molecule has 9 nitrogen and oxygen atoms in total. The molecule has 0 fully saturated rings. The molecule has 4 atom stereocenters. The van der Waals surface area contributed by atoms with E-state index in [1.54, 1.807) is 0 Å². The van der Waals surface area contributed by atoms with Gasteiger partial charge in [-0.3, -0.25) is 19.1 Å². The van der Waals surface area contributed by atoms with Crippen LogP contribution in [0.25, 0.3) is 0 Å². The summed E-state index contributed by atoms with van der Waals surface area (Å²) in [4.78, 5) is 44.7. The zero-order valence-corrected chi connectivity index (χ0v) is 13.1. The third-order valence-electron chi connectivity index (χ3n) is 2.78. The molecule has 6 N–H and O–H groups in total. The van der Waals surface area contributed by atoms with Crippen molar-refractivity contribution in [3.63, 3.8) is 0 Å². The predicted octanol–water partition coefficient (Wildman–Crippen LogP) is -1.87. The average Bonchev–Trinajstić information content (AvgIpc) is 2.34. The van der Waals surface area contributed by atoms with Gasteiger partial charge in [-0.1, -0.05) is 0 Å². The van der Waals surface area contributed by atoms with Gasteiger partial charge in [0, 0.05) is 12.8 Å². The van der Waals surface area contributed by atoms with Gasteiger partial charge in [-0.25, -0.2) is 4.79 Å². The molecule has 0 aliphatic heterocycles. The van der Waals surface area contributed by atoms with Crippen molar-refractivity contribution in [2.45, 2.75) is 38.4 Å². The standard InChI is InChI=1S/C11H22N3O6P.Na.H/c1-6(12)9(15)14(7(2)11(17)18)10(16)8(13)4-5-21(3,19)20;;/h6-8H,4-5,12-13H2,1-3H3,(H,17,18)(H,19,20);;. The number of hydrogen-bond donors (Lipinski definition) is 4. The second-order valence-corrected chi connectivity index (χ2v) is 7.57. The molecule has 0 spiro atoms. The van der Waals surface area contributed by atoms with Gasteiger partial charge in [0.15, 0.2) is 7.37 Å². The number of hydrogen-bond acceptors (Lipinski definition) is 6. The number of rotatable bonds is 7. The van der Waals surface area contributed by atoms with Crippen molar-refractivity contribution >= 4 is 54.7 Å². The predicted molar refractivity (Wildman–Crippen MR) is 83.0 cm³/mol. The van der Waals surface area contributed by atoms with Crippen LogP contribution in [0.15, 0.2) is 0 Å². The van der Waals surface area contributed by atoms with E-state index in [2.05, 4.69) is 0 Å². The van der Waals surface area contributed by atoms with Crippen LogP contribution in [0.5, 0.6) is 0 Å². The number of carbonyl (C=O) groups is 3. The van der Waals surface area contributed by atoms with Gasteiger partial charge < -0.3 is 21.5 Å². The van der Waals surface area contributed by atoms with Crippen LogP contribution in [0.1, 0.15) is 20.3 Å². The van der Waals surface area contributed by atoms with Gasteiger partial charge in [-0.15, -0.1) is 0 Å². The fraction of sp³-hybridized carbons (Fsp3) is 0.727. The Morgan fingerprint density at radius 3 is 1.95 bits per heavy atom. The van der Waals surface area contributed by atoms with Gasteiger partial charge >= 0.3 is 35.5 Å². The van der Waals surface area contributed by atoms with E-state index in [1.807, 2.05) is 0 Å². The fourth-order valence-corrected chi connectivity index (χ4v) is 2.26. The van der Waals surface area contributed by atoms with E-state index in [0.717, 1.165) is 13.6 Å². The molecular formula is C11H23N3NaO6P. The van der Waals surface area contributed by atoms with E-state index in [9.17, 15) is 23.8 Å². The van der Waals surface area contributed by atoms with E-state index in [-0.39, 0.29) is 42.1 Å². The van der Waals surface area contributed by atoms with Gasteiger partial charge in [-0.05, 0) is 20.3 Å². The monoisotopic (exact) mass is 347 g/mol. The van der Waals surface area contributed by atoms with Crippen molar-refractivity contribution in [3.05, 3.63) is 0 Å². The molecule has 0 aliphatic carbocycles. The summed E-state index contributed by atoms with van der Waals surface area (Å²) in [5.41, 5.74) is 11.0. The summed E-state index contributed by atoms with van der Waals surface area (Å²) in [6.45, 7) is 3.59. The number of carboxylic acids is 1. The molecule has 124 valence electrons. The first kappa shape index (κ1) is 24.0. The zero-order valence-electron chi connectivity index (χ0n) is 12.2. The zero-order chi connectivity index (χ0) is 17.0. The van der Waals surface area contributed by atoms with Crippen LogP contribution in [0.2, 0.25) is 0 Å². The molecule has 11 heteroatoms. The minimum atomic E-state index is -3.35. The van der Waals surface area contributed by atoms with Crippen LogP contribution in [0.4, 0.5) is 0 Å². The normalized spacial score (nSPS) is 17.4. The summed E-state index contributed by atoms with van der Waals surface area (Å²) >= 11 is 0. The Kier molecular flexibility index (Phi) is 10.6. The molecule has 0 aromatic heterocycles. The topological polar surface area (TPSA) is 164 Å². The third-order valence-corrected chi connectivity index (χ3v) is 3.87. The Hall–Kier alpha value is -0.280. The molecular weight excluding hydrogens is 324 g/mol. The molecule has 0 saturated heterocycles. The summed E-state index contributed by atoms with van der Waals surface area (Å²) in [5.74, 6) is -3.18. The van der Waals surface area contributed by atoms with Crippen molar-refractivity contribution in [1.82, 2.24) is 4.90 Å². The Morgan fingerprint density at radius 2 is 1.64 bits per heavy atom. The summed E-state index contributed by atoms with van der Waals surface area (Å²) in [6, 6.07) is -3.75. The molecule has 0 saturated carbocycles. The van der Waals surface area contributed by atoms with Crippen LogP contribution in [-0.4, -0.2) is 93.2 Å². The first-order chi connectivity index (χ1) is 9.38. The Labute approximate surface area is 151 Å². The Morgan fingerprint density at radius 1 is 1.18 bits per heavy atom. The maximum absolute atomic E-state index is 12.1. The van der Waals surface area contributed by atoms with Crippen LogP contribution >= 0.6 is 7.37 Å². The SMILES string of the molecule is CC(N)C(=O)N(C(=O)C(N)CCP(C)(=O)O)C(C)C(=O)O.[NaH]. The second kappa shape index (κ2) is 9.77. The average molecular weight is 347 g/mol. The van der Waals surface area contributed by atoms with E-state index in [4.69, 9.17) is 16.6 Å². The van der Waals surface area contributed by atoms with E-state index < -0.39 is 43.3 Å². The first-order valence-corrected chi connectivity index (χ1v) is 8.58. The van der Waals surface area contributed by atoms with Gasteiger partial charge in [0.05, 0.1) is 12.1 Å². The number of aliphatic carboxylic acids is 1. The van der Waals surface area contributed by atoms with Crippen molar-refractivity contribution < 1.29 is 28.9 Å². The summed E-state index contributed by atoms with van der Waals surface area (Å²) < 4.78 is 11.2. The number of carbonyl (C=O) groups excluding carboxylic acids is 2. The van der Waals surface area contributed by atoms with Crippen LogP contribution in [-0.2, 0) is 18.9 Å². The minimum absolute atomic E-state index is 0. The van der Waals surface area contributed by atoms with Gasteiger partial charge in [0.2, 0.25) is 11.8 Å². The van der Waals surface area contributed by atoms with Crippen molar-refractivity contribution in [2.24, 2.45) is 11.5 Å². The summed E-state index contributed by atoms with van der Waals surface area (Å²) in [6.07, 6.45) is -0.347. The van der Waals surface area contributed by atoms with Crippen LogP contribution in [0.3, 0.4) is 0 Å². The van der Waals surface area contributed by atoms with Gasteiger partial charge in [0.1, 0.15) is 6.04 Å². The van der Waals surface area contributed by atoms with Crippen LogP contribution in [0, 0.1) is 0 Å². The molecule has 22 heavy (non-hydrogen) atoms. The molecule has 0 aromatic rings. The van der Waals surface area contributed by atoms with E-state index >= 15 is 0 Å². The van der Waals surface area contributed by atoms with E-state index in [0.29, 0.717) is 4.90 Å². The molecule has 0 heterocycles. The van der Waals surface area contributed by atoms with Crippen molar-refractivity contribution in [1.29, 1.82) is 0 Å². The van der Waals surface area contributed by atoms with Gasteiger partial charge in [0.25, 0.3) is 0 Å². The summed E-state index contributed by atoms with van der Waals surface area (Å²) in [7, 11) is -3.35. The number of amides is 2. The molecule has 0 radical (unpaired) electrons. The number of nitrogens with zero attached hydrogens (tertiary/aromatic N) is 1. The third kappa shape index (κ3) is 7.82. The van der Waals surface area contributed by atoms with Crippen LogP contribution < -0.4 is 11.5 Å². The molecule has 0 aliphatic rings. The number of imide groups is 1. The Bertz CT molecular complexity index is 467. The molecule has 0 bridgehead atoms. The number of nitrogens with two attached hydrogens (primary N) is 2.